The van der Waals surface area contributed by atoms with Crippen molar-refractivity contribution in [2.75, 3.05) is 13.1 Å². The standard InChI is InChI=1S/C10H15F3N4/c11-10(12,13)4-3-9-16-15-7-17(9)8-2-1-5-14-6-8/h7-8,14H,1-6H2. The van der Waals surface area contributed by atoms with Crippen LogP contribution in [0.3, 0.4) is 0 Å². The molecule has 1 fully saturated rings. The molecule has 2 heterocycles. The van der Waals surface area contributed by atoms with Crippen molar-refractivity contribution in [2.45, 2.75) is 37.9 Å². The Morgan fingerprint density at radius 1 is 1.47 bits per heavy atom. The van der Waals surface area contributed by atoms with Crippen molar-refractivity contribution >= 4 is 0 Å². The van der Waals surface area contributed by atoms with Gasteiger partial charge in [-0.2, -0.15) is 13.2 Å². The third kappa shape index (κ3) is 3.42. The summed E-state index contributed by atoms with van der Waals surface area (Å²) in [5.41, 5.74) is 0. The summed E-state index contributed by atoms with van der Waals surface area (Å²) < 4.78 is 38.2. The highest BCUT2D eigenvalue weighted by Crippen LogP contribution is 2.23. The number of hydrogen-bond acceptors (Lipinski definition) is 3. The molecule has 0 radical (unpaired) electrons. The van der Waals surface area contributed by atoms with E-state index >= 15 is 0 Å². The first-order chi connectivity index (χ1) is 8.06. The minimum absolute atomic E-state index is 0.0972. The van der Waals surface area contributed by atoms with Gasteiger partial charge >= 0.3 is 6.18 Å². The molecule has 1 aromatic heterocycles. The molecule has 1 aliphatic heterocycles. The van der Waals surface area contributed by atoms with Crippen molar-refractivity contribution in [3.8, 4) is 0 Å². The van der Waals surface area contributed by atoms with Gasteiger partial charge in [0.2, 0.25) is 0 Å². The average Bonchev–Trinajstić information content (AvgIpc) is 2.75. The van der Waals surface area contributed by atoms with E-state index in [-0.39, 0.29) is 12.5 Å². The quantitative estimate of drug-likeness (QED) is 0.885. The van der Waals surface area contributed by atoms with Gasteiger partial charge in [-0.15, -0.1) is 10.2 Å². The van der Waals surface area contributed by atoms with E-state index in [0.717, 1.165) is 25.9 Å². The lowest BCUT2D eigenvalue weighted by Crippen LogP contribution is -2.32. The van der Waals surface area contributed by atoms with Crippen LogP contribution in [-0.4, -0.2) is 34.0 Å². The molecule has 0 bridgehead atoms. The van der Waals surface area contributed by atoms with Gasteiger partial charge in [0.1, 0.15) is 12.2 Å². The van der Waals surface area contributed by atoms with Crippen LogP contribution < -0.4 is 5.32 Å². The largest absolute Gasteiger partial charge is 0.389 e. The summed E-state index contributed by atoms with van der Waals surface area (Å²) in [6.07, 6.45) is -1.55. The summed E-state index contributed by atoms with van der Waals surface area (Å²) in [6.45, 7) is 1.74. The second kappa shape index (κ2) is 5.03. The minimum atomic E-state index is -4.14. The van der Waals surface area contributed by atoms with Crippen molar-refractivity contribution in [1.29, 1.82) is 0 Å². The Balaban J connectivity index is 2.00. The molecule has 1 saturated heterocycles. The van der Waals surface area contributed by atoms with Gasteiger partial charge in [-0.3, -0.25) is 0 Å². The molecule has 0 saturated carbocycles. The predicted octanol–water partition coefficient (Wildman–Crippen LogP) is 1.70. The van der Waals surface area contributed by atoms with Gasteiger partial charge in [0.25, 0.3) is 0 Å². The molecule has 1 unspecified atom stereocenters. The molecule has 0 aromatic carbocycles. The van der Waals surface area contributed by atoms with E-state index < -0.39 is 12.6 Å². The van der Waals surface area contributed by atoms with Crippen molar-refractivity contribution in [2.24, 2.45) is 0 Å². The van der Waals surface area contributed by atoms with Crippen molar-refractivity contribution in [1.82, 2.24) is 20.1 Å². The number of hydrogen-bond donors (Lipinski definition) is 1. The summed E-state index contributed by atoms with van der Waals surface area (Å²) >= 11 is 0. The molecule has 2 rings (SSSR count). The van der Waals surface area contributed by atoms with Crippen LogP contribution in [0.5, 0.6) is 0 Å². The highest BCUT2D eigenvalue weighted by molar-refractivity contribution is 4.92. The monoisotopic (exact) mass is 248 g/mol. The number of nitrogens with one attached hydrogen (secondary N) is 1. The van der Waals surface area contributed by atoms with Crippen LogP contribution in [0.25, 0.3) is 0 Å². The number of aromatic nitrogens is 3. The van der Waals surface area contributed by atoms with Gasteiger partial charge in [0, 0.05) is 19.0 Å². The Hall–Kier alpha value is -1.11. The van der Waals surface area contributed by atoms with Gasteiger partial charge in [-0.05, 0) is 19.4 Å². The highest BCUT2D eigenvalue weighted by Gasteiger charge is 2.28. The van der Waals surface area contributed by atoms with Crippen molar-refractivity contribution in [3.05, 3.63) is 12.2 Å². The molecule has 0 amide bonds. The molecule has 1 N–H and O–H groups in total. The van der Waals surface area contributed by atoms with E-state index in [1.54, 1.807) is 4.57 Å². The van der Waals surface area contributed by atoms with Gasteiger partial charge in [0.15, 0.2) is 0 Å². The third-order valence-corrected chi connectivity index (χ3v) is 2.94. The molecule has 1 atom stereocenters. The molecule has 0 spiro atoms. The number of aryl methyl sites for hydroxylation is 1. The van der Waals surface area contributed by atoms with Crippen LogP contribution in [0.15, 0.2) is 6.33 Å². The van der Waals surface area contributed by atoms with Gasteiger partial charge in [-0.25, -0.2) is 0 Å². The Bertz CT molecular complexity index is 355. The maximum absolute atomic E-state index is 12.2. The van der Waals surface area contributed by atoms with Gasteiger partial charge in [0.05, 0.1) is 6.42 Å². The number of halogens is 3. The zero-order valence-electron chi connectivity index (χ0n) is 9.37. The van der Waals surface area contributed by atoms with E-state index in [1.807, 2.05) is 0 Å². The van der Waals surface area contributed by atoms with E-state index in [2.05, 4.69) is 15.5 Å². The average molecular weight is 248 g/mol. The lowest BCUT2D eigenvalue weighted by Gasteiger charge is -2.25. The third-order valence-electron chi connectivity index (χ3n) is 2.94. The SMILES string of the molecule is FC(F)(F)CCc1nncn1C1CCCNC1. The zero-order chi connectivity index (χ0) is 12.3. The van der Waals surface area contributed by atoms with Crippen molar-refractivity contribution in [3.63, 3.8) is 0 Å². The van der Waals surface area contributed by atoms with Crippen LogP contribution in [0.4, 0.5) is 13.2 Å². The highest BCUT2D eigenvalue weighted by atomic mass is 19.4. The molecule has 96 valence electrons. The maximum Gasteiger partial charge on any atom is 0.389 e. The molecule has 4 nitrogen and oxygen atoms in total. The summed E-state index contributed by atoms with van der Waals surface area (Å²) in [4.78, 5) is 0. The summed E-state index contributed by atoms with van der Waals surface area (Å²) in [5.74, 6) is 0.427. The molecular formula is C10H15F3N4. The topological polar surface area (TPSA) is 42.7 Å². The summed E-state index contributed by atoms with van der Waals surface area (Å²) in [6, 6.07) is 0.182. The van der Waals surface area contributed by atoms with Gasteiger partial charge in [-0.1, -0.05) is 0 Å². The number of rotatable bonds is 3. The maximum atomic E-state index is 12.2. The summed E-state index contributed by atoms with van der Waals surface area (Å²) in [5, 5.41) is 10.7. The molecule has 1 aliphatic rings. The first kappa shape index (κ1) is 12.3. The Morgan fingerprint density at radius 2 is 2.29 bits per heavy atom. The molecular weight excluding hydrogens is 233 g/mol. The van der Waals surface area contributed by atoms with Crippen LogP contribution in [0.2, 0.25) is 0 Å². The second-order valence-electron chi connectivity index (χ2n) is 4.27. The fraction of sp³-hybridized carbons (Fsp3) is 0.800. The van der Waals surface area contributed by atoms with Crippen LogP contribution >= 0.6 is 0 Å². The lowest BCUT2D eigenvalue weighted by atomic mass is 10.1. The molecule has 7 heteroatoms. The fourth-order valence-corrected chi connectivity index (χ4v) is 2.07. The normalized spacial score (nSPS) is 21.7. The predicted molar refractivity (Wildman–Crippen MR) is 55.5 cm³/mol. The fourth-order valence-electron chi connectivity index (χ4n) is 2.07. The van der Waals surface area contributed by atoms with E-state index in [4.69, 9.17) is 0 Å². The molecule has 0 aliphatic carbocycles. The van der Waals surface area contributed by atoms with Crippen LogP contribution in [0, 0.1) is 0 Å². The summed E-state index contributed by atoms with van der Waals surface area (Å²) in [7, 11) is 0. The lowest BCUT2D eigenvalue weighted by molar-refractivity contribution is -0.134. The van der Waals surface area contributed by atoms with E-state index in [0.29, 0.717) is 5.82 Å². The van der Waals surface area contributed by atoms with E-state index in [9.17, 15) is 13.2 Å². The molecule has 17 heavy (non-hydrogen) atoms. The zero-order valence-corrected chi connectivity index (χ0v) is 9.37. The second-order valence-corrected chi connectivity index (χ2v) is 4.27. The smallest absolute Gasteiger partial charge is 0.315 e. The first-order valence-corrected chi connectivity index (χ1v) is 5.72. The minimum Gasteiger partial charge on any atom is -0.315 e. The van der Waals surface area contributed by atoms with Crippen LogP contribution in [0.1, 0.15) is 31.1 Å². The Kier molecular flexibility index (Phi) is 3.66. The van der Waals surface area contributed by atoms with Crippen molar-refractivity contribution < 1.29 is 13.2 Å². The first-order valence-electron chi connectivity index (χ1n) is 5.72. The van der Waals surface area contributed by atoms with Gasteiger partial charge < -0.3 is 9.88 Å². The van der Waals surface area contributed by atoms with E-state index in [1.165, 1.54) is 6.33 Å². The Morgan fingerprint density at radius 3 is 2.94 bits per heavy atom. The molecule has 1 aromatic rings. The number of nitrogens with zero attached hydrogens (tertiary/aromatic N) is 3. The number of alkyl halides is 3. The van der Waals surface area contributed by atoms with Crippen LogP contribution in [-0.2, 0) is 6.42 Å². The number of piperidine rings is 1. The Labute approximate surface area is 97.2 Å².